The molecule has 0 heterocycles. The normalized spacial score (nSPS) is 43.1. The number of hydrogen-bond acceptors (Lipinski definition) is 0. The van der Waals surface area contributed by atoms with Crippen LogP contribution in [0.25, 0.3) is 0 Å². The van der Waals surface area contributed by atoms with Crippen LogP contribution in [0.5, 0.6) is 0 Å². The third kappa shape index (κ3) is 19.5. The van der Waals surface area contributed by atoms with E-state index in [1.807, 2.05) is 0 Å². The van der Waals surface area contributed by atoms with E-state index in [-0.39, 0.29) is 0 Å². The molecule has 0 heteroatoms. The van der Waals surface area contributed by atoms with Gasteiger partial charge >= 0.3 is 0 Å². The highest BCUT2D eigenvalue weighted by Gasteiger charge is 2.63. The fraction of sp³-hybridized carbons (Fsp3) is 1.00. The Hall–Kier alpha value is 0. The van der Waals surface area contributed by atoms with Gasteiger partial charge in [-0.05, 0) is 315 Å². The highest BCUT2D eigenvalue weighted by atomic mass is 14.7. The van der Waals surface area contributed by atoms with E-state index in [2.05, 4.69) is 180 Å². The molecule has 0 spiro atoms. The van der Waals surface area contributed by atoms with E-state index in [1.54, 1.807) is 89.9 Å². The monoisotopic (exact) mass is 1330 g/mol. The number of unbranched alkanes of at least 4 members (excludes halogenated alkanes) is 6. The Labute approximate surface area is 606 Å². The molecule has 0 radical (unpaired) electrons. The minimum atomic E-state index is 0.670. The van der Waals surface area contributed by atoms with Crippen LogP contribution < -0.4 is 0 Å². The van der Waals surface area contributed by atoms with Crippen LogP contribution in [0.3, 0.4) is 0 Å². The first-order chi connectivity index (χ1) is 45.1. The Balaban J connectivity index is 0.000000176. The van der Waals surface area contributed by atoms with Crippen molar-refractivity contribution in [2.45, 2.75) is 424 Å². The maximum Gasteiger partial charge on any atom is -0.0264 e. The van der Waals surface area contributed by atoms with Crippen LogP contribution in [-0.4, -0.2) is 0 Å². The molecule has 14 rings (SSSR count). The standard InChI is InChI=1S/2C28H50.2C11H20.2C9H20/c2*1-19(2)8-7-9-21(4)24-12-13-25-23-11-10-22-18-20(3)14-16-27(22,5)26(23)15-17-28(24,25)6;2*1-7-5-9-6-10(8(7)2)11(9,3)4;2*1-4-5-6-7-8-9(2)3/h2*19-26H,7-18H2,1-6H3;2*7-10H,5-6H2,1-4H3;2*9H,4-8H2,1-3H3/t20-,21+,22+,23+,24?,25+,26+,27+,28-;20-,21-,22-,23-,24?,25-,26-,27-,28+;2*7-,8+,9-,10-;;/m1010../s1. The molecule has 96 heavy (non-hydrogen) atoms. The summed E-state index contributed by atoms with van der Waals surface area (Å²) < 4.78 is 0. The van der Waals surface area contributed by atoms with Gasteiger partial charge in [-0.25, -0.2) is 0 Å². The highest BCUT2D eigenvalue weighted by molar-refractivity contribution is 5.12. The molecule has 564 valence electrons. The molecule has 0 nitrogen and oxygen atoms in total. The third-order valence-electron chi connectivity index (χ3n) is 35.0. The minimum absolute atomic E-state index is 0.670. The van der Waals surface area contributed by atoms with Crippen molar-refractivity contribution in [3.05, 3.63) is 0 Å². The number of rotatable bonds is 20. The fourth-order valence-electron chi connectivity index (χ4n) is 27.8. The first-order valence-electron chi connectivity index (χ1n) is 45.1. The molecule has 4 bridgehead atoms. The summed E-state index contributed by atoms with van der Waals surface area (Å²) in [5.41, 5.74) is 4.10. The predicted octanol–water partition coefficient (Wildman–Crippen LogP) is 31.4. The Kier molecular flexibility index (Phi) is 31.5. The van der Waals surface area contributed by atoms with Crippen LogP contribution in [0.1, 0.15) is 424 Å². The van der Waals surface area contributed by atoms with E-state index in [9.17, 15) is 0 Å². The topological polar surface area (TPSA) is 0 Å². The summed E-state index contributed by atoms with van der Waals surface area (Å²) in [6.45, 7) is 64.2. The molecule has 14 saturated carbocycles. The van der Waals surface area contributed by atoms with Crippen LogP contribution in [0, 0.1) is 186 Å². The van der Waals surface area contributed by atoms with Gasteiger partial charge < -0.3 is 0 Å². The first kappa shape index (κ1) is 83.3. The van der Waals surface area contributed by atoms with Crippen LogP contribution in [0.4, 0.5) is 0 Å². The van der Waals surface area contributed by atoms with Crippen molar-refractivity contribution >= 4 is 0 Å². The Morgan fingerprint density at radius 3 is 0.906 bits per heavy atom. The first-order valence-corrected chi connectivity index (χ1v) is 45.1. The lowest BCUT2D eigenvalue weighted by Gasteiger charge is -2.61. The highest BCUT2D eigenvalue weighted by Crippen LogP contribution is 2.71. The minimum Gasteiger partial charge on any atom is -0.0654 e. The van der Waals surface area contributed by atoms with E-state index in [4.69, 9.17) is 0 Å². The molecule has 0 aromatic rings. The largest absolute Gasteiger partial charge is 0.0654 e. The fourth-order valence-corrected chi connectivity index (χ4v) is 27.8. The maximum absolute atomic E-state index is 2.75. The van der Waals surface area contributed by atoms with Gasteiger partial charge in [0.1, 0.15) is 0 Å². The summed E-state index contributed by atoms with van der Waals surface area (Å²) >= 11 is 0. The second kappa shape index (κ2) is 36.3. The van der Waals surface area contributed by atoms with Gasteiger partial charge in [0.25, 0.3) is 0 Å². The Bertz CT molecular complexity index is 2040. The van der Waals surface area contributed by atoms with Gasteiger partial charge in [0.2, 0.25) is 0 Å². The van der Waals surface area contributed by atoms with E-state index < -0.39 is 0 Å². The molecule has 0 N–H and O–H groups in total. The van der Waals surface area contributed by atoms with Crippen molar-refractivity contribution < 1.29 is 0 Å². The zero-order valence-corrected chi connectivity index (χ0v) is 70.9. The summed E-state index contributed by atoms with van der Waals surface area (Å²) in [7, 11) is 0. The van der Waals surface area contributed by atoms with Crippen molar-refractivity contribution in [1.82, 2.24) is 0 Å². The molecular formula is C96H180. The molecule has 26 atom stereocenters. The molecule has 0 saturated heterocycles. The summed E-state index contributed by atoms with van der Waals surface area (Å²) in [6.07, 6.45) is 56.8. The molecule has 0 aromatic heterocycles. The van der Waals surface area contributed by atoms with Gasteiger partial charge in [-0.1, -0.05) is 296 Å². The second-order valence-electron chi connectivity index (χ2n) is 43.5. The SMILES string of the molecule is CC(C)CCC[C@H](C)C1CC[C@H]2[C@@H]3CC[C@H]4C[C@@H](C)CC[C@]4(C)[C@H]3CC[C@]12C.CC(C)CCC[C@H](C)C1CC[C@H]2[C@@H]3CC[C@H]4C[C@H](C)CC[C@]4(C)[C@H]3CC[C@]12C.CCCCCCC(C)C.CCCCCCC(C)C.C[C@@H]1[C@@H](C)C[C@H]2C[C@@H]1C2(C)C.C[C@H]1[C@H](C)C[C@@H]2C[C@H]1C2(C)C. The second-order valence-corrected chi connectivity index (χ2v) is 43.5. The molecule has 2 unspecified atom stereocenters. The average molecular weight is 1330 g/mol. The molecule has 0 aromatic carbocycles. The molecule has 0 amide bonds. The van der Waals surface area contributed by atoms with Crippen molar-refractivity contribution in [2.24, 2.45) is 186 Å². The van der Waals surface area contributed by atoms with Crippen LogP contribution >= 0.6 is 0 Å². The average Bonchev–Trinajstić information content (AvgIpc) is 1.40. The van der Waals surface area contributed by atoms with Gasteiger partial charge in [-0.2, -0.15) is 0 Å². The smallest absolute Gasteiger partial charge is 0.0264 e. The number of fused-ring (bicyclic) bond motifs is 14. The van der Waals surface area contributed by atoms with Crippen molar-refractivity contribution in [3.63, 3.8) is 0 Å². The van der Waals surface area contributed by atoms with Crippen LogP contribution in [0.15, 0.2) is 0 Å². The summed E-state index contributed by atoms with van der Waals surface area (Å²) in [4.78, 5) is 0. The lowest BCUT2D eigenvalue weighted by Crippen LogP contribution is -2.54. The lowest BCUT2D eigenvalue weighted by atomic mass is 9.44. The molecule has 0 aliphatic heterocycles. The molecule has 14 aliphatic rings. The lowest BCUT2D eigenvalue weighted by molar-refractivity contribution is -0.124. The Morgan fingerprint density at radius 1 is 0.281 bits per heavy atom. The summed E-state index contributed by atoms with van der Waals surface area (Å²) in [5.74, 6) is 26.1. The maximum atomic E-state index is 2.75. The molecule has 14 fully saturated rings. The van der Waals surface area contributed by atoms with Crippen molar-refractivity contribution in [3.8, 4) is 0 Å². The van der Waals surface area contributed by atoms with Gasteiger partial charge in [-0.3, -0.25) is 0 Å². The zero-order valence-electron chi connectivity index (χ0n) is 70.9. The molecule has 14 aliphatic carbocycles. The van der Waals surface area contributed by atoms with E-state index in [0.29, 0.717) is 32.5 Å². The van der Waals surface area contributed by atoms with E-state index in [1.165, 1.54) is 154 Å². The van der Waals surface area contributed by atoms with Crippen molar-refractivity contribution in [1.29, 1.82) is 0 Å². The third-order valence-corrected chi connectivity index (χ3v) is 35.0. The van der Waals surface area contributed by atoms with Crippen molar-refractivity contribution in [2.75, 3.05) is 0 Å². The predicted molar refractivity (Wildman–Crippen MR) is 428 cm³/mol. The van der Waals surface area contributed by atoms with Gasteiger partial charge in [0.05, 0.1) is 0 Å². The van der Waals surface area contributed by atoms with E-state index >= 15 is 0 Å². The van der Waals surface area contributed by atoms with Gasteiger partial charge in [0.15, 0.2) is 0 Å². The van der Waals surface area contributed by atoms with Gasteiger partial charge in [-0.15, -0.1) is 0 Å². The van der Waals surface area contributed by atoms with Crippen LogP contribution in [-0.2, 0) is 0 Å². The summed E-state index contributed by atoms with van der Waals surface area (Å²) in [5, 5.41) is 0. The summed E-state index contributed by atoms with van der Waals surface area (Å²) in [6, 6.07) is 0. The van der Waals surface area contributed by atoms with Gasteiger partial charge in [0, 0.05) is 0 Å². The quantitative estimate of drug-likeness (QED) is 0.107. The number of hydrogen-bond donors (Lipinski definition) is 0. The van der Waals surface area contributed by atoms with Crippen LogP contribution in [0.2, 0.25) is 0 Å². The Morgan fingerprint density at radius 2 is 0.604 bits per heavy atom. The zero-order chi connectivity index (χ0) is 70.9. The van der Waals surface area contributed by atoms with E-state index in [0.717, 1.165) is 154 Å². The molecular weight excluding hydrogens is 1150 g/mol.